The Kier molecular flexibility index (Phi) is 5.59. The van der Waals surface area contributed by atoms with E-state index in [2.05, 4.69) is 11.8 Å². The highest BCUT2D eigenvalue weighted by Gasteiger charge is 2.26. The van der Waals surface area contributed by atoms with Gasteiger partial charge in [-0.3, -0.25) is 4.90 Å². The van der Waals surface area contributed by atoms with Gasteiger partial charge in [-0.1, -0.05) is 19.1 Å². The average molecular weight is 292 g/mol. The van der Waals surface area contributed by atoms with Crippen molar-refractivity contribution in [2.24, 2.45) is 11.7 Å². The van der Waals surface area contributed by atoms with E-state index in [9.17, 15) is 4.79 Å². The number of nitrogens with two attached hydrogens (primary N) is 1. The van der Waals surface area contributed by atoms with Crippen LogP contribution in [0.4, 0.5) is 0 Å². The lowest BCUT2D eigenvalue weighted by molar-refractivity contribution is -0.145. The molecule has 2 unspecified atom stereocenters. The second-order valence-electron chi connectivity index (χ2n) is 5.57. The summed E-state index contributed by atoms with van der Waals surface area (Å²) in [4.78, 5) is 13.6. The lowest BCUT2D eigenvalue weighted by Crippen LogP contribution is -2.28. The molecule has 5 nitrogen and oxygen atoms in total. The van der Waals surface area contributed by atoms with E-state index >= 15 is 0 Å². The van der Waals surface area contributed by atoms with Crippen molar-refractivity contribution >= 4 is 5.97 Å². The quantitative estimate of drug-likeness (QED) is 0.803. The molecule has 2 rings (SSSR count). The van der Waals surface area contributed by atoms with Crippen LogP contribution in [-0.4, -0.2) is 43.2 Å². The van der Waals surface area contributed by atoms with Crippen molar-refractivity contribution in [2.75, 3.05) is 26.3 Å². The Morgan fingerprint density at radius 1 is 1.33 bits per heavy atom. The van der Waals surface area contributed by atoms with Gasteiger partial charge in [-0.05, 0) is 30.5 Å². The minimum Gasteiger partial charge on any atom is -0.482 e. The van der Waals surface area contributed by atoms with Crippen LogP contribution in [0, 0.1) is 5.92 Å². The number of nitrogens with zero attached hydrogens (tertiary/aromatic N) is 1. The second kappa shape index (κ2) is 7.43. The molecule has 0 aliphatic carbocycles. The first-order valence-corrected chi connectivity index (χ1v) is 7.43. The van der Waals surface area contributed by atoms with Gasteiger partial charge in [0.15, 0.2) is 6.61 Å². The van der Waals surface area contributed by atoms with Gasteiger partial charge < -0.3 is 15.2 Å². The summed E-state index contributed by atoms with van der Waals surface area (Å²) >= 11 is 0. The number of hydrogen-bond donors (Lipinski definition) is 1. The van der Waals surface area contributed by atoms with E-state index in [0.717, 1.165) is 19.6 Å². The fourth-order valence-corrected chi connectivity index (χ4v) is 2.52. The Labute approximate surface area is 126 Å². The smallest absolute Gasteiger partial charge is 0.344 e. The molecule has 1 saturated heterocycles. The summed E-state index contributed by atoms with van der Waals surface area (Å²) in [7, 11) is 0. The zero-order valence-corrected chi connectivity index (χ0v) is 12.7. The number of likely N-dealkylation sites (tertiary alicyclic amines) is 1. The molecule has 0 radical (unpaired) electrons. The number of benzene rings is 1. The SMILES string of the molecule is CCOC(=O)COc1ccc(CN2CC(C)C(N)C2)cc1. The first kappa shape index (κ1) is 15.8. The molecule has 2 atom stereocenters. The molecule has 116 valence electrons. The third-order valence-corrected chi connectivity index (χ3v) is 3.74. The molecule has 5 heteroatoms. The first-order chi connectivity index (χ1) is 10.1. The summed E-state index contributed by atoms with van der Waals surface area (Å²) in [6.45, 7) is 7.18. The monoisotopic (exact) mass is 292 g/mol. The Bertz CT molecular complexity index is 451. The molecule has 0 aromatic heterocycles. The zero-order valence-electron chi connectivity index (χ0n) is 12.7. The molecule has 21 heavy (non-hydrogen) atoms. The molecule has 0 amide bonds. The van der Waals surface area contributed by atoms with Crippen LogP contribution in [0.3, 0.4) is 0 Å². The van der Waals surface area contributed by atoms with Crippen LogP contribution in [0.25, 0.3) is 0 Å². The van der Waals surface area contributed by atoms with Gasteiger partial charge in [-0.25, -0.2) is 4.79 Å². The van der Waals surface area contributed by atoms with Crippen molar-refractivity contribution in [3.63, 3.8) is 0 Å². The number of hydrogen-bond acceptors (Lipinski definition) is 5. The summed E-state index contributed by atoms with van der Waals surface area (Å²) in [5, 5.41) is 0. The van der Waals surface area contributed by atoms with Gasteiger partial charge in [0.05, 0.1) is 6.61 Å². The molecular weight excluding hydrogens is 268 g/mol. The molecular formula is C16H24N2O3. The Morgan fingerprint density at radius 3 is 2.62 bits per heavy atom. The van der Waals surface area contributed by atoms with Crippen molar-refractivity contribution in [3.05, 3.63) is 29.8 Å². The summed E-state index contributed by atoms with van der Waals surface area (Å²) in [5.74, 6) is 0.886. The fourth-order valence-electron chi connectivity index (χ4n) is 2.52. The van der Waals surface area contributed by atoms with Gasteiger partial charge in [0.1, 0.15) is 5.75 Å². The molecule has 2 N–H and O–H groups in total. The van der Waals surface area contributed by atoms with E-state index in [0.29, 0.717) is 18.3 Å². The minimum absolute atomic E-state index is 0.0499. The lowest BCUT2D eigenvalue weighted by Gasteiger charge is -2.15. The largest absolute Gasteiger partial charge is 0.482 e. The van der Waals surface area contributed by atoms with Crippen LogP contribution in [0.1, 0.15) is 19.4 Å². The van der Waals surface area contributed by atoms with E-state index in [-0.39, 0.29) is 18.6 Å². The number of ether oxygens (including phenoxy) is 2. The maximum absolute atomic E-state index is 11.2. The van der Waals surface area contributed by atoms with Crippen molar-refractivity contribution in [3.8, 4) is 5.75 Å². The van der Waals surface area contributed by atoms with Crippen LogP contribution in [0.15, 0.2) is 24.3 Å². The third kappa shape index (κ3) is 4.72. The highest BCUT2D eigenvalue weighted by Crippen LogP contribution is 2.19. The second-order valence-corrected chi connectivity index (χ2v) is 5.57. The third-order valence-electron chi connectivity index (χ3n) is 3.74. The summed E-state index contributed by atoms with van der Waals surface area (Å²) in [6, 6.07) is 8.09. The van der Waals surface area contributed by atoms with Crippen LogP contribution in [0.2, 0.25) is 0 Å². The predicted octanol–water partition coefficient (Wildman–Crippen LogP) is 1.41. The topological polar surface area (TPSA) is 64.8 Å². The van der Waals surface area contributed by atoms with Gasteiger partial charge in [0, 0.05) is 25.7 Å². The van der Waals surface area contributed by atoms with Gasteiger partial charge in [0.2, 0.25) is 0 Å². The van der Waals surface area contributed by atoms with E-state index in [1.165, 1.54) is 5.56 Å². The van der Waals surface area contributed by atoms with E-state index < -0.39 is 0 Å². The molecule has 1 aromatic rings. The van der Waals surface area contributed by atoms with Crippen molar-refractivity contribution in [1.82, 2.24) is 4.90 Å². The van der Waals surface area contributed by atoms with Crippen molar-refractivity contribution < 1.29 is 14.3 Å². The molecule has 1 aliphatic rings. The van der Waals surface area contributed by atoms with E-state index in [1.807, 2.05) is 24.3 Å². The maximum Gasteiger partial charge on any atom is 0.344 e. The predicted molar refractivity (Wildman–Crippen MR) is 81.0 cm³/mol. The van der Waals surface area contributed by atoms with Gasteiger partial charge in [-0.15, -0.1) is 0 Å². The zero-order chi connectivity index (χ0) is 15.2. The Balaban J connectivity index is 1.80. The van der Waals surface area contributed by atoms with Crippen LogP contribution in [-0.2, 0) is 16.1 Å². The minimum atomic E-state index is -0.346. The number of rotatable bonds is 6. The number of esters is 1. The van der Waals surface area contributed by atoms with E-state index in [1.54, 1.807) is 6.92 Å². The highest BCUT2D eigenvalue weighted by molar-refractivity contribution is 5.71. The molecule has 1 heterocycles. The summed E-state index contributed by atoms with van der Waals surface area (Å²) in [5.41, 5.74) is 7.26. The molecule has 1 aromatic carbocycles. The van der Waals surface area contributed by atoms with E-state index in [4.69, 9.17) is 15.2 Å². The molecule has 0 saturated carbocycles. The molecule has 0 spiro atoms. The van der Waals surface area contributed by atoms with Crippen molar-refractivity contribution in [1.29, 1.82) is 0 Å². The summed E-state index contributed by atoms with van der Waals surface area (Å²) in [6.07, 6.45) is 0. The first-order valence-electron chi connectivity index (χ1n) is 7.43. The number of carbonyl (C=O) groups excluding carboxylic acids is 1. The highest BCUT2D eigenvalue weighted by atomic mass is 16.6. The maximum atomic E-state index is 11.2. The summed E-state index contributed by atoms with van der Waals surface area (Å²) < 4.78 is 10.2. The standard InChI is InChI=1S/C16H24N2O3/c1-3-20-16(19)11-21-14-6-4-13(5-7-14)9-18-8-12(2)15(17)10-18/h4-7,12,15H,3,8-11,17H2,1-2H3. The van der Waals surface area contributed by atoms with Gasteiger partial charge in [0.25, 0.3) is 0 Å². The van der Waals surface area contributed by atoms with Crippen LogP contribution >= 0.6 is 0 Å². The molecule has 0 bridgehead atoms. The molecule has 1 fully saturated rings. The normalized spacial score (nSPS) is 22.2. The molecule has 1 aliphatic heterocycles. The fraction of sp³-hybridized carbons (Fsp3) is 0.562. The number of carbonyl (C=O) groups is 1. The lowest BCUT2D eigenvalue weighted by atomic mass is 10.1. The average Bonchev–Trinajstić information content (AvgIpc) is 2.77. The van der Waals surface area contributed by atoms with Crippen LogP contribution in [0.5, 0.6) is 5.75 Å². The van der Waals surface area contributed by atoms with Gasteiger partial charge >= 0.3 is 5.97 Å². The Morgan fingerprint density at radius 2 is 2.05 bits per heavy atom. The van der Waals surface area contributed by atoms with Crippen LogP contribution < -0.4 is 10.5 Å². The Hall–Kier alpha value is -1.59. The van der Waals surface area contributed by atoms with Crippen molar-refractivity contribution in [2.45, 2.75) is 26.4 Å². The van der Waals surface area contributed by atoms with Gasteiger partial charge in [-0.2, -0.15) is 0 Å².